The fraction of sp³-hybridized carbons (Fsp3) is 0.381. The molecule has 0 unspecified atom stereocenters. The van der Waals surface area contributed by atoms with Crippen LogP contribution in [-0.4, -0.2) is 63.4 Å². The third kappa shape index (κ3) is 4.08. The van der Waals surface area contributed by atoms with E-state index in [4.69, 9.17) is 14.2 Å². The molecule has 1 fully saturated rings. The van der Waals surface area contributed by atoms with E-state index in [-0.39, 0.29) is 18.1 Å². The van der Waals surface area contributed by atoms with Gasteiger partial charge in [0.2, 0.25) is 11.7 Å². The number of carbonyl (C=O) groups is 1. The normalized spacial score (nSPS) is 14.0. The predicted molar refractivity (Wildman–Crippen MR) is 107 cm³/mol. The van der Waals surface area contributed by atoms with Gasteiger partial charge in [-0.2, -0.15) is 0 Å². The Balaban J connectivity index is 1.66. The van der Waals surface area contributed by atoms with Crippen LogP contribution in [0.15, 0.2) is 36.4 Å². The Bertz CT molecular complexity index is 806. The number of benzene rings is 2. The Morgan fingerprint density at radius 1 is 0.964 bits per heavy atom. The molecule has 7 heteroatoms. The van der Waals surface area contributed by atoms with Crippen LogP contribution in [-0.2, 0) is 11.2 Å². The lowest BCUT2D eigenvalue weighted by Gasteiger charge is -2.36. The molecule has 0 bridgehead atoms. The molecule has 0 aromatic heterocycles. The van der Waals surface area contributed by atoms with E-state index < -0.39 is 0 Å². The Labute approximate surface area is 165 Å². The minimum absolute atomic E-state index is 0.0474. The first-order valence-electron chi connectivity index (χ1n) is 9.17. The number of para-hydroxylation sites is 2. The maximum absolute atomic E-state index is 12.8. The molecule has 2 aromatic rings. The molecule has 1 saturated heterocycles. The molecule has 2 aromatic carbocycles. The number of piperazine rings is 1. The molecule has 0 spiro atoms. The van der Waals surface area contributed by atoms with Gasteiger partial charge in [-0.1, -0.05) is 12.1 Å². The summed E-state index contributed by atoms with van der Waals surface area (Å²) >= 11 is 0. The van der Waals surface area contributed by atoms with Gasteiger partial charge in [0.15, 0.2) is 11.5 Å². The molecule has 0 atom stereocenters. The summed E-state index contributed by atoms with van der Waals surface area (Å²) in [6.45, 7) is 2.58. The van der Waals surface area contributed by atoms with E-state index >= 15 is 0 Å². The highest BCUT2D eigenvalue weighted by Gasteiger charge is 2.23. The highest BCUT2D eigenvalue weighted by atomic mass is 16.5. The fourth-order valence-corrected chi connectivity index (χ4v) is 3.45. The summed E-state index contributed by atoms with van der Waals surface area (Å²) in [4.78, 5) is 16.7. The minimum Gasteiger partial charge on any atom is -0.506 e. The topological polar surface area (TPSA) is 71.5 Å². The summed E-state index contributed by atoms with van der Waals surface area (Å²) in [6.07, 6.45) is 0.257. The third-order valence-electron chi connectivity index (χ3n) is 4.93. The van der Waals surface area contributed by atoms with Crippen molar-refractivity contribution in [1.29, 1.82) is 0 Å². The molecular weight excluding hydrogens is 360 g/mol. The largest absolute Gasteiger partial charge is 0.506 e. The summed E-state index contributed by atoms with van der Waals surface area (Å²) in [6, 6.07) is 10.9. The molecule has 150 valence electrons. The van der Waals surface area contributed by atoms with Crippen LogP contribution in [0.25, 0.3) is 0 Å². The van der Waals surface area contributed by atoms with Crippen molar-refractivity contribution in [3.05, 3.63) is 42.0 Å². The van der Waals surface area contributed by atoms with Crippen LogP contribution in [0, 0.1) is 0 Å². The number of hydrogen-bond acceptors (Lipinski definition) is 6. The average Bonchev–Trinajstić information content (AvgIpc) is 2.73. The van der Waals surface area contributed by atoms with E-state index in [1.807, 2.05) is 17.0 Å². The van der Waals surface area contributed by atoms with Gasteiger partial charge in [-0.15, -0.1) is 0 Å². The SMILES string of the molecule is COc1cc(CC(=O)N2CCN(c3ccccc3O)CC2)cc(OC)c1OC. The van der Waals surface area contributed by atoms with Gasteiger partial charge in [-0.05, 0) is 29.8 Å². The van der Waals surface area contributed by atoms with Crippen molar-refractivity contribution in [2.45, 2.75) is 6.42 Å². The maximum atomic E-state index is 12.8. The van der Waals surface area contributed by atoms with Crippen LogP contribution in [0.4, 0.5) is 5.69 Å². The number of phenols is 1. The van der Waals surface area contributed by atoms with Gasteiger partial charge in [0, 0.05) is 26.2 Å². The first kappa shape index (κ1) is 19.7. The highest BCUT2D eigenvalue weighted by molar-refractivity contribution is 5.79. The summed E-state index contributed by atoms with van der Waals surface area (Å²) in [5.74, 6) is 1.89. The molecule has 0 aliphatic carbocycles. The molecular formula is C21H26N2O5. The van der Waals surface area contributed by atoms with E-state index in [2.05, 4.69) is 4.90 Å². The first-order valence-corrected chi connectivity index (χ1v) is 9.17. The summed E-state index contributed by atoms with van der Waals surface area (Å²) in [5, 5.41) is 10.0. The first-order chi connectivity index (χ1) is 13.6. The number of anilines is 1. The van der Waals surface area contributed by atoms with Gasteiger partial charge in [0.1, 0.15) is 5.75 Å². The number of methoxy groups -OCH3 is 3. The average molecular weight is 386 g/mol. The van der Waals surface area contributed by atoms with Gasteiger partial charge in [-0.25, -0.2) is 0 Å². The molecule has 1 aliphatic rings. The van der Waals surface area contributed by atoms with Gasteiger partial charge >= 0.3 is 0 Å². The number of phenolic OH excluding ortho intramolecular Hbond substituents is 1. The number of amides is 1. The zero-order chi connectivity index (χ0) is 20.1. The Hall–Kier alpha value is -3.09. The van der Waals surface area contributed by atoms with Crippen molar-refractivity contribution in [2.75, 3.05) is 52.4 Å². The number of nitrogens with zero attached hydrogens (tertiary/aromatic N) is 2. The van der Waals surface area contributed by atoms with Crippen molar-refractivity contribution in [1.82, 2.24) is 4.90 Å². The monoisotopic (exact) mass is 386 g/mol. The van der Waals surface area contributed by atoms with Gasteiger partial charge in [0.25, 0.3) is 0 Å². The van der Waals surface area contributed by atoms with Crippen molar-refractivity contribution in [3.63, 3.8) is 0 Å². The number of carbonyl (C=O) groups excluding carboxylic acids is 1. The maximum Gasteiger partial charge on any atom is 0.227 e. The standard InChI is InChI=1S/C21H26N2O5/c1-26-18-12-15(13-19(27-2)21(18)28-3)14-20(25)23-10-8-22(9-11-23)16-6-4-5-7-17(16)24/h4-7,12-13,24H,8-11,14H2,1-3H3. The lowest BCUT2D eigenvalue weighted by molar-refractivity contribution is -0.130. The van der Waals surface area contributed by atoms with Crippen LogP contribution < -0.4 is 19.1 Å². The molecule has 0 saturated carbocycles. The molecule has 1 N–H and O–H groups in total. The molecule has 1 aliphatic heterocycles. The van der Waals surface area contributed by atoms with E-state index in [1.165, 1.54) is 0 Å². The Morgan fingerprint density at radius 3 is 2.11 bits per heavy atom. The molecule has 1 heterocycles. The second kappa shape index (κ2) is 8.73. The minimum atomic E-state index is 0.0474. The fourth-order valence-electron chi connectivity index (χ4n) is 3.45. The summed E-state index contributed by atoms with van der Waals surface area (Å²) in [7, 11) is 4.66. The van der Waals surface area contributed by atoms with E-state index in [1.54, 1.807) is 45.6 Å². The summed E-state index contributed by atoms with van der Waals surface area (Å²) < 4.78 is 16.0. The van der Waals surface area contributed by atoms with Crippen LogP contribution in [0.3, 0.4) is 0 Å². The second-order valence-corrected chi connectivity index (χ2v) is 6.57. The third-order valence-corrected chi connectivity index (χ3v) is 4.93. The Kier molecular flexibility index (Phi) is 6.13. The predicted octanol–water partition coefficient (Wildman–Crippen LogP) is 2.31. The zero-order valence-electron chi connectivity index (χ0n) is 16.5. The van der Waals surface area contributed by atoms with Crippen molar-refractivity contribution >= 4 is 11.6 Å². The lowest BCUT2D eigenvalue weighted by atomic mass is 10.1. The highest BCUT2D eigenvalue weighted by Crippen LogP contribution is 2.38. The summed E-state index contributed by atoms with van der Waals surface area (Å²) in [5.41, 5.74) is 1.61. The quantitative estimate of drug-likeness (QED) is 0.822. The van der Waals surface area contributed by atoms with E-state index in [0.29, 0.717) is 43.4 Å². The molecule has 28 heavy (non-hydrogen) atoms. The molecule has 1 amide bonds. The Morgan fingerprint density at radius 2 is 1.57 bits per heavy atom. The van der Waals surface area contributed by atoms with Gasteiger partial charge in [0.05, 0.1) is 33.4 Å². The van der Waals surface area contributed by atoms with Crippen LogP contribution >= 0.6 is 0 Å². The van der Waals surface area contributed by atoms with Crippen LogP contribution in [0.2, 0.25) is 0 Å². The van der Waals surface area contributed by atoms with E-state index in [9.17, 15) is 9.90 Å². The number of aromatic hydroxyl groups is 1. The lowest BCUT2D eigenvalue weighted by Crippen LogP contribution is -2.49. The van der Waals surface area contributed by atoms with Crippen molar-refractivity contribution < 1.29 is 24.1 Å². The number of hydrogen-bond donors (Lipinski definition) is 1. The smallest absolute Gasteiger partial charge is 0.227 e. The number of rotatable bonds is 6. The van der Waals surface area contributed by atoms with E-state index in [0.717, 1.165) is 11.3 Å². The molecule has 7 nitrogen and oxygen atoms in total. The van der Waals surface area contributed by atoms with Crippen molar-refractivity contribution in [3.8, 4) is 23.0 Å². The van der Waals surface area contributed by atoms with Crippen molar-refractivity contribution in [2.24, 2.45) is 0 Å². The van der Waals surface area contributed by atoms with Crippen LogP contribution in [0.1, 0.15) is 5.56 Å². The molecule has 3 rings (SSSR count). The number of ether oxygens (including phenoxy) is 3. The second-order valence-electron chi connectivity index (χ2n) is 6.57. The zero-order valence-corrected chi connectivity index (χ0v) is 16.5. The molecule has 0 radical (unpaired) electrons. The van der Waals surface area contributed by atoms with Gasteiger partial charge < -0.3 is 29.1 Å². The van der Waals surface area contributed by atoms with Gasteiger partial charge in [-0.3, -0.25) is 4.79 Å². The van der Waals surface area contributed by atoms with Crippen LogP contribution in [0.5, 0.6) is 23.0 Å².